The van der Waals surface area contributed by atoms with Crippen molar-refractivity contribution >= 4 is 18.0 Å². The Morgan fingerprint density at radius 1 is 1.17 bits per heavy atom. The van der Waals surface area contributed by atoms with Crippen LogP contribution in [0.15, 0.2) is 23.9 Å². The number of nitriles is 1. The van der Waals surface area contributed by atoms with Gasteiger partial charge in [-0.15, -0.1) is 0 Å². The molecule has 0 fully saturated rings. The molecule has 0 unspecified atom stereocenters. The largest absolute Gasteiger partial charge is 0.390 e. The molecule has 0 radical (unpaired) electrons. The van der Waals surface area contributed by atoms with Gasteiger partial charge in [-0.1, -0.05) is 17.7 Å². The van der Waals surface area contributed by atoms with Crippen molar-refractivity contribution in [3.63, 3.8) is 0 Å². The molecule has 0 aliphatic carbocycles. The SMILES string of the molecule is Cc1cc(C)c(NC(=O)/C(C#N)=C\NCCCNC=O)c(C)c1. The van der Waals surface area contributed by atoms with Gasteiger partial charge in [-0.05, 0) is 38.3 Å². The first-order valence-electron chi connectivity index (χ1n) is 7.39. The van der Waals surface area contributed by atoms with Crippen molar-refractivity contribution in [2.75, 3.05) is 18.4 Å². The number of hydrogen-bond acceptors (Lipinski definition) is 4. The Balaban J connectivity index is 2.67. The summed E-state index contributed by atoms with van der Waals surface area (Å²) in [5.41, 5.74) is 3.78. The van der Waals surface area contributed by atoms with E-state index in [1.165, 1.54) is 6.20 Å². The van der Waals surface area contributed by atoms with Crippen molar-refractivity contribution in [1.29, 1.82) is 5.26 Å². The average molecular weight is 314 g/mol. The summed E-state index contributed by atoms with van der Waals surface area (Å²) in [6, 6.07) is 5.85. The Labute approximate surface area is 136 Å². The van der Waals surface area contributed by atoms with Gasteiger partial charge in [-0.3, -0.25) is 9.59 Å². The monoisotopic (exact) mass is 314 g/mol. The van der Waals surface area contributed by atoms with Crippen molar-refractivity contribution < 1.29 is 9.59 Å². The molecule has 23 heavy (non-hydrogen) atoms. The molecular formula is C17H22N4O2. The summed E-state index contributed by atoms with van der Waals surface area (Å²) in [6.07, 6.45) is 2.73. The lowest BCUT2D eigenvalue weighted by molar-refractivity contribution is -0.112. The number of nitrogens with zero attached hydrogens (tertiary/aromatic N) is 1. The van der Waals surface area contributed by atoms with E-state index in [1.807, 2.05) is 39.0 Å². The fourth-order valence-electron chi connectivity index (χ4n) is 2.23. The van der Waals surface area contributed by atoms with Gasteiger partial charge in [0.25, 0.3) is 5.91 Å². The van der Waals surface area contributed by atoms with Crippen LogP contribution in [0.5, 0.6) is 0 Å². The predicted molar refractivity (Wildman–Crippen MR) is 89.7 cm³/mol. The van der Waals surface area contributed by atoms with E-state index in [9.17, 15) is 9.59 Å². The van der Waals surface area contributed by atoms with Crippen molar-refractivity contribution in [2.45, 2.75) is 27.2 Å². The Morgan fingerprint density at radius 2 is 1.78 bits per heavy atom. The van der Waals surface area contributed by atoms with Crippen molar-refractivity contribution in [1.82, 2.24) is 10.6 Å². The van der Waals surface area contributed by atoms with Gasteiger partial charge in [-0.25, -0.2) is 0 Å². The first-order chi connectivity index (χ1) is 11.0. The Kier molecular flexibility index (Phi) is 7.34. The average Bonchev–Trinajstić information content (AvgIpc) is 2.50. The number of amides is 2. The van der Waals surface area contributed by atoms with Crippen LogP contribution in [-0.4, -0.2) is 25.4 Å². The number of rotatable bonds is 8. The molecule has 122 valence electrons. The molecule has 0 saturated heterocycles. The lowest BCUT2D eigenvalue weighted by Gasteiger charge is -2.12. The summed E-state index contributed by atoms with van der Waals surface area (Å²) >= 11 is 0. The van der Waals surface area contributed by atoms with Crippen LogP contribution in [0.25, 0.3) is 0 Å². The summed E-state index contributed by atoms with van der Waals surface area (Å²) in [6.45, 7) is 6.94. The van der Waals surface area contributed by atoms with Crippen LogP contribution in [0.2, 0.25) is 0 Å². The molecule has 0 atom stereocenters. The molecule has 0 saturated carbocycles. The van der Waals surface area contributed by atoms with E-state index < -0.39 is 5.91 Å². The molecule has 0 aliphatic heterocycles. The summed E-state index contributed by atoms with van der Waals surface area (Å²) in [7, 11) is 0. The second kappa shape index (κ2) is 9.26. The number of aryl methyl sites for hydroxylation is 3. The van der Waals surface area contributed by atoms with Crippen molar-refractivity contribution in [3.05, 3.63) is 40.6 Å². The summed E-state index contributed by atoms with van der Waals surface area (Å²) in [4.78, 5) is 22.3. The van der Waals surface area contributed by atoms with Crippen molar-refractivity contribution in [3.8, 4) is 6.07 Å². The van der Waals surface area contributed by atoms with Gasteiger partial charge in [0, 0.05) is 25.0 Å². The Bertz CT molecular complexity index is 621. The van der Waals surface area contributed by atoms with Crippen LogP contribution in [-0.2, 0) is 9.59 Å². The molecule has 1 aromatic rings. The van der Waals surface area contributed by atoms with Gasteiger partial charge >= 0.3 is 0 Å². The summed E-state index contributed by atoms with van der Waals surface area (Å²) in [5.74, 6) is -0.443. The van der Waals surface area contributed by atoms with E-state index in [4.69, 9.17) is 5.26 Å². The fraction of sp³-hybridized carbons (Fsp3) is 0.353. The molecule has 0 heterocycles. The molecule has 0 bridgehead atoms. The molecular weight excluding hydrogens is 292 g/mol. The number of benzene rings is 1. The molecule has 0 aromatic heterocycles. The highest BCUT2D eigenvalue weighted by Gasteiger charge is 2.12. The van der Waals surface area contributed by atoms with Gasteiger partial charge < -0.3 is 16.0 Å². The number of anilines is 1. The Morgan fingerprint density at radius 3 is 2.35 bits per heavy atom. The minimum Gasteiger partial charge on any atom is -0.390 e. The van der Waals surface area contributed by atoms with E-state index in [1.54, 1.807) is 0 Å². The molecule has 3 N–H and O–H groups in total. The normalized spacial score (nSPS) is 10.6. The van der Waals surface area contributed by atoms with E-state index in [0.717, 1.165) is 22.4 Å². The van der Waals surface area contributed by atoms with Gasteiger partial charge in [0.1, 0.15) is 11.6 Å². The molecule has 1 rings (SSSR count). The maximum absolute atomic E-state index is 12.2. The first kappa shape index (κ1) is 18.2. The third-order valence-corrected chi connectivity index (χ3v) is 3.25. The molecule has 2 amide bonds. The topological polar surface area (TPSA) is 94.0 Å². The predicted octanol–water partition coefficient (Wildman–Crippen LogP) is 1.68. The van der Waals surface area contributed by atoms with Crippen LogP contribution >= 0.6 is 0 Å². The van der Waals surface area contributed by atoms with Gasteiger partial charge in [0.2, 0.25) is 6.41 Å². The standard InChI is InChI=1S/C17H22N4O2/c1-12-7-13(2)16(14(3)8-12)21-17(23)15(9-18)10-19-5-4-6-20-11-22/h7-8,10-11,19H,4-6H2,1-3H3,(H,20,22)(H,21,23)/b15-10-. The van der Waals surface area contributed by atoms with Crippen LogP contribution in [0.1, 0.15) is 23.1 Å². The Hall–Kier alpha value is -2.81. The minimum absolute atomic E-state index is 0.00715. The van der Waals surface area contributed by atoms with Crippen LogP contribution in [0, 0.1) is 32.1 Å². The van der Waals surface area contributed by atoms with Crippen LogP contribution in [0.3, 0.4) is 0 Å². The highest BCUT2D eigenvalue weighted by atomic mass is 16.1. The van der Waals surface area contributed by atoms with Crippen molar-refractivity contribution in [2.24, 2.45) is 0 Å². The molecule has 0 aliphatic rings. The van der Waals surface area contributed by atoms with Gasteiger partial charge in [0.05, 0.1) is 0 Å². The number of nitrogens with one attached hydrogen (secondary N) is 3. The first-order valence-corrected chi connectivity index (χ1v) is 7.39. The summed E-state index contributed by atoms with van der Waals surface area (Å²) < 4.78 is 0. The minimum atomic E-state index is -0.443. The number of carbonyl (C=O) groups excluding carboxylic acids is 2. The van der Waals surface area contributed by atoms with Gasteiger partial charge in [-0.2, -0.15) is 5.26 Å². The maximum Gasteiger partial charge on any atom is 0.267 e. The zero-order valence-electron chi connectivity index (χ0n) is 13.7. The highest BCUT2D eigenvalue weighted by Crippen LogP contribution is 2.22. The van der Waals surface area contributed by atoms with E-state index in [0.29, 0.717) is 25.9 Å². The highest BCUT2D eigenvalue weighted by molar-refractivity contribution is 6.07. The lowest BCUT2D eigenvalue weighted by Crippen LogP contribution is -2.20. The second-order valence-electron chi connectivity index (χ2n) is 5.28. The van der Waals surface area contributed by atoms with Crippen LogP contribution in [0.4, 0.5) is 5.69 Å². The lowest BCUT2D eigenvalue weighted by atomic mass is 10.0. The van der Waals surface area contributed by atoms with E-state index in [2.05, 4.69) is 16.0 Å². The molecule has 1 aromatic carbocycles. The number of hydrogen-bond donors (Lipinski definition) is 3. The fourth-order valence-corrected chi connectivity index (χ4v) is 2.23. The van der Waals surface area contributed by atoms with E-state index in [-0.39, 0.29) is 5.57 Å². The quantitative estimate of drug-likeness (QED) is 0.294. The third-order valence-electron chi connectivity index (χ3n) is 3.25. The zero-order valence-corrected chi connectivity index (χ0v) is 13.7. The third kappa shape index (κ3) is 5.83. The maximum atomic E-state index is 12.2. The number of carbonyl (C=O) groups is 2. The summed E-state index contributed by atoms with van der Waals surface area (Å²) in [5, 5.41) is 17.3. The van der Waals surface area contributed by atoms with Gasteiger partial charge in [0.15, 0.2) is 0 Å². The van der Waals surface area contributed by atoms with E-state index >= 15 is 0 Å². The molecule has 0 spiro atoms. The molecule has 6 nitrogen and oxygen atoms in total. The molecule has 6 heteroatoms. The second-order valence-corrected chi connectivity index (χ2v) is 5.28. The van der Waals surface area contributed by atoms with Crippen LogP contribution < -0.4 is 16.0 Å². The zero-order chi connectivity index (χ0) is 17.2. The smallest absolute Gasteiger partial charge is 0.267 e.